The van der Waals surface area contributed by atoms with Crippen molar-refractivity contribution in [2.45, 2.75) is 102 Å². The highest BCUT2D eigenvalue weighted by molar-refractivity contribution is 7.85. The molecule has 6 nitrogen and oxygen atoms in total. The van der Waals surface area contributed by atoms with Crippen molar-refractivity contribution in [1.29, 1.82) is 0 Å². The zero-order chi connectivity index (χ0) is 25.1. The Morgan fingerprint density at radius 1 is 1.18 bits per heavy atom. The van der Waals surface area contributed by atoms with Crippen molar-refractivity contribution < 1.29 is 22.3 Å². The van der Waals surface area contributed by atoms with Crippen LogP contribution in [0.4, 0.5) is 0 Å². The van der Waals surface area contributed by atoms with E-state index in [9.17, 15) is 8.42 Å². The van der Waals surface area contributed by atoms with Gasteiger partial charge in [0.25, 0.3) is 10.1 Å². The van der Waals surface area contributed by atoms with Crippen molar-refractivity contribution in [3.8, 4) is 0 Å². The van der Waals surface area contributed by atoms with Crippen LogP contribution in [0.25, 0.3) is 0 Å². The number of nitrogens with two attached hydrogens (primary N) is 1. The maximum absolute atomic E-state index is 10.5. The second-order valence-electron chi connectivity index (χ2n) is 11.1. The number of allylic oxidation sites excluding steroid dienone is 1. The molecule has 1 aromatic carbocycles. The Kier molecular flexibility index (Phi) is 8.73. The van der Waals surface area contributed by atoms with Crippen LogP contribution in [-0.2, 0) is 19.4 Å². The Labute approximate surface area is 206 Å². The average molecular weight is 492 g/mol. The second-order valence-corrected chi connectivity index (χ2v) is 12.5. The summed E-state index contributed by atoms with van der Waals surface area (Å²) in [7, 11) is -4.22. The minimum absolute atomic E-state index is 0.0112. The molecule has 1 heterocycles. The molecular weight excluding hydrogens is 449 g/mol. The van der Waals surface area contributed by atoms with Gasteiger partial charge in [-0.1, -0.05) is 56.9 Å². The predicted octanol–water partition coefficient (Wildman–Crippen LogP) is 5.35. The van der Waals surface area contributed by atoms with E-state index < -0.39 is 10.1 Å². The summed E-state index contributed by atoms with van der Waals surface area (Å²) in [5.41, 5.74) is 7.63. The number of hydrogen-bond acceptors (Lipinski definition) is 5. The van der Waals surface area contributed by atoms with Crippen LogP contribution in [-0.4, -0.2) is 37.7 Å². The third kappa shape index (κ3) is 5.96. The van der Waals surface area contributed by atoms with E-state index >= 15 is 0 Å². The van der Waals surface area contributed by atoms with Crippen LogP contribution >= 0.6 is 0 Å². The molecule has 4 unspecified atom stereocenters. The van der Waals surface area contributed by atoms with Crippen molar-refractivity contribution in [3.63, 3.8) is 0 Å². The van der Waals surface area contributed by atoms with Crippen LogP contribution < -0.4 is 5.73 Å². The molecule has 3 aliphatic carbocycles. The molecule has 1 saturated heterocycles. The van der Waals surface area contributed by atoms with E-state index in [4.69, 9.17) is 19.6 Å². The van der Waals surface area contributed by atoms with Crippen LogP contribution in [0.15, 0.2) is 41.8 Å². The molecule has 2 bridgehead atoms. The molecule has 190 valence electrons. The van der Waals surface area contributed by atoms with Crippen LogP contribution in [0.2, 0.25) is 0 Å². The van der Waals surface area contributed by atoms with Gasteiger partial charge in [0.05, 0.1) is 16.6 Å². The first-order chi connectivity index (χ1) is 15.9. The van der Waals surface area contributed by atoms with Gasteiger partial charge in [-0.05, 0) is 75.3 Å². The van der Waals surface area contributed by atoms with E-state index in [1.807, 2.05) is 13.0 Å². The van der Waals surface area contributed by atoms with Gasteiger partial charge in [-0.15, -0.1) is 6.58 Å². The Morgan fingerprint density at radius 3 is 2.41 bits per heavy atom. The molecule has 0 spiro atoms. The molecule has 34 heavy (non-hydrogen) atoms. The quantitative estimate of drug-likeness (QED) is 0.209. The fraction of sp³-hybridized carbons (Fsp3) is 0.692. The average Bonchev–Trinajstić information content (AvgIpc) is 3.13. The van der Waals surface area contributed by atoms with Gasteiger partial charge in [0.15, 0.2) is 0 Å². The number of rotatable bonds is 9. The van der Waals surface area contributed by atoms with E-state index in [1.165, 1.54) is 44.2 Å². The van der Waals surface area contributed by atoms with Gasteiger partial charge in [-0.25, -0.2) is 0 Å². The summed E-state index contributed by atoms with van der Waals surface area (Å²) in [6, 6.07) is 5.99. The summed E-state index contributed by atoms with van der Waals surface area (Å²) in [6.07, 6.45) is 11.7. The third-order valence-corrected chi connectivity index (χ3v) is 9.20. The van der Waals surface area contributed by atoms with E-state index in [0.29, 0.717) is 11.3 Å². The van der Waals surface area contributed by atoms with Gasteiger partial charge < -0.3 is 15.0 Å². The standard InChI is InChI=1S/C19H34BNO2.C7H8O3S/c1-5-6-7-8-9-10-11-17(21)20-22-16-13-14-12-15(18(14,2)3)19(16,4)23-20;1-6-2-4-7(5-3-6)11(8,9)10/h5,14-17H,1,6-13,21H2,2-4H3;2-5H,1H3,(H,8,9,10)/t14?,15?,16?,17?,19-;/m0./s1. The lowest BCUT2D eigenvalue weighted by molar-refractivity contribution is -0.199. The Bertz CT molecular complexity index is 935. The fourth-order valence-corrected chi connectivity index (χ4v) is 6.43. The molecule has 5 rings (SSSR count). The van der Waals surface area contributed by atoms with Crippen LogP contribution in [0.1, 0.15) is 77.7 Å². The number of unbranched alkanes of at least 4 members (excludes halogenated alkanes) is 4. The lowest BCUT2D eigenvalue weighted by Gasteiger charge is -2.64. The number of aryl methyl sites for hydroxylation is 1. The van der Waals surface area contributed by atoms with E-state index in [2.05, 4.69) is 27.4 Å². The minimum Gasteiger partial charge on any atom is -0.404 e. The van der Waals surface area contributed by atoms with Crippen molar-refractivity contribution in [1.82, 2.24) is 0 Å². The molecule has 0 radical (unpaired) electrons. The summed E-state index contributed by atoms with van der Waals surface area (Å²) >= 11 is 0. The molecule has 1 aromatic rings. The highest BCUT2D eigenvalue weighted by atomic mass is 32.2. The molecule has 5 atom stereocenters. The van der Waals surface area contributed by atoms with Gasteiger partial charge in [0.1, 0.15) is 0 Å². The largest absolute Gasteiger partial charge is 0.475 e. The lowest BCUT2D eigenvalue weighted by Crippen LogP contribution is -2.65. The third-order valence-electron chi connectivity index (χ3n) is 8.33. The normalized spacial score (nSPS) is 29.9. The van der Waals surface area contributed by atoms with Crippen LogP contribution in [0.5, 0.6) is 0 Å². The summed E-state index contributed by atoms with van der Waals surface area (Å²) in [4.78, 5) is -0.0666. The smallest absolute Gasteiger partial charge is 0.404 e. The molecule has 1 aliphatic heterocycles. The molecule has 4 aliphatic rings. The van der Waals surface area contributed by atoms with Crippen molar-refractivity contribution in [2.75, 3.05) is 0 Å². The van der Waals surface area contributed by atoms with Gasteiger partial charge in [-0.2, -0.15) is 8.42 Å². The van der Waals surface area contributed by atoms with Crippen molar-refractivity contribution >= 4 is 17.2 Å². The first kappa shape index (κ1) is 27.4. The van der Waals surface area contributed by atoms with E-state index in [-0.39, 0.29) is 29.7 Å². The summed E-state index contributed by atoms with van der Waals surface area (Å²) in [5, 5.41) is 0. The van der Waals surface area contributed by atoms with Gasteiger partial charge in [-0.3, -0.25) is 4.55 Å². The summed E-state index contributed by atoms with van der Waals surface area (Å²) in [6.45, 7) is 12.7. The molecule has 3 saturated carbocycles. The van der Waals surface area contributed by atoms with Crippen LogP contribution in [0.3, 0.4) is 0 Å². The van der Waals surface area contributed by atoms with Gasteiger partial charge >= 0.3 is 7.12 Å². The van der Waals surface area contributed by atoms with Gasteiger partial charge in [0.2, 0.25) is 0 Å². The first-order valence-electron chi connectivity index (χ1n) is 12.6. The van der Waals surface area contributed by atoms with Gasteiger partial charge in [0, 0.05) is 5.94 Å². The maximum atomic E-state index is 10.5. The topological polar surface area (TPSA) is 98.9 Å². The summed E-state index contributed by atoms with van der Waals surface area (Å²) < 4.78 is 42.2. The Morgan fingerprint density at radius 2 is 1.82 bits per heavy atom. The second kappa shape index (κ2) is 10.8. The first-order valence-corrected chi connectivity index (χ1v) is 14.1. The van der Waals surface area contributed by atoms with E-state index in [0.717, 1.165) is 30.7 Å². The fourth-order valence-electron chi connectivity index (χ4n) is 5.95. The monoisotopic (exact) mass is 491 g/mol. The molecule has 0 amide bonds. The molecular formula is C26H42BNO5S. The highest BCUT2D eigenvalue weighted by Crippen LogP contribution is 2.65. The Hall–Kier alpha value is -1.19. The Balaban J connectivity index is 0.000000248. The maximum Gasteiger partial charge on any atom is 0.475 e. The van der Waals surface area contributed by atoms with E-state index in [1.54, 1.807) is 12.1 Å². The predicted molar refractivity (Wildman–Crippen MR) is 137 cm³/mol. The molecule has 0 aromatic heterocycles. The molecule has 3 N–H and O–H groups in total. The zero-order valence-electron chi connectivity index (χ0n) is 21.2. The van der Waals surface area contributed by atoms with Crippen LogP contribution in [0, 0.1) is 24.2 Å². The lowest BCUT2D eigenvalue weighted by atomic mass is 9.43. The molecule has 8 heteroatoms. The molecule has 4 fully saturated rings. The van der Waals surface area contributed by atoms with Crippen molar-refractivity contribution in [3.05, 3.63) is 42.5 Å². The summed E-state index contributed by atoms with van der Waals surface area (Å²) in [5.74, 6) is 1.43. The highest BCUT2D eigenvalue weighted by Gasteiger charge is 2.68. The number of benzene rings is 1. The number of hydrogen-bond donors (Lipinski definition) is 2. The van der Waals surface area contributed by atoms with Crippen molar-refractivity contribution in [2.24, 2.45) is 23.0 Å². The minimum atomic E-state index is -4.02. The zero-order valence-corrected chi connectivity index (χ0v) is 22.0. The SMILES string of the molecule is C=CCCCCCCC(N)B1OC2CC3CC(C3(C)C)[C@]2(C)O1.Cc1ccc(S(=O)(=O)O)cc1.